The Kier molecular flexibility index (Phi) is 4.21. The summed E-state index contributed by atoms with van der Waals surface area (Å²) in [5.41, 5.74) is 0.693. The Bertz CT molecular complexity index is 327. The summed E-state index contributed by atoms with van der Waals surface area (Å²) in [6, 6.07) is 0. The van der Waals surface area contributed by atoms with Crippen molar-refractivity contribution in [1.29, 1.82) is 0 Å². The Hall–Kier alpha value is -0.370. The normalized spacial score (nSPS) is 38.1. The zero-order chi connectivity index (χ0) is 14.1. The van der Waals surface area contributed by atoms with Crippen LogP contribution in [0.2, 0.25) is 0 Å². The lowest BCUT2D eigenvalue weighted by Gasteiger charge is -2.44. The summed E-state index contributed by atoms with van der Waals surface area (Å²) >= 11 is 0. The molecule has 1 heterocycles. The van der Waals surface area contributed by atoms with Crippen molar-refractivity contribution in [3.05, 3.63) is 0 Å². The third-order valence-corrected chi connectivity index (χ3v) is 6.64. The van der Waals surface area contributed by atoms with E-state index in [2.05, 4.69) is 11.8 Å². The molecule has 2 saturated carbocycles. The van der Waals surface area contributed by atoms with E-state index in [1.165, 1.54) is 70.7 Å². The molecule has 1 aliphatic heterocycles. The number of carbonyl (C=O) groups is 1. The molecule has 1 spiro atoms. The zero-order valence-electron chi connectivity index (χ0n) is 13.2. The minimum atomic E-state index is -0.00725. The predicted molar refractivity (Wildman–Crippen MR) is 82.7 cm³/mol. The van der Waals surface area contributed by atoms with Crippen LogP contribution in [0.5, 0.6) is 0 Å². The van der Waals surface area contributed by atoms with Gasteiger partial charge in [-0.1, -0.05) is 19.8 Å². The maximum Gasteiger partial charge on any atom is 0.127 e. The molecule has 2 heteroatoms. The van der Waals surface area contributed by atoms with Crippen molar-refractivity contribution in [1.82, 2.24) is 4.90 Å². The topological polar surface area (TPSA) is 20.3 Å². The molecule has 0 radical (unpaired) electrons. The van der Waals surface area contributed by atoms with Crippen LogP contribution in [-0.2, 0) is 4.79 Å². The lowest BCUT2D eigenvalue weighted by atomic mass is 9.70. The summed E-state index contributed by atoms with van der Waals surface area (Å²) in [5, 5.41) is 0. The lowest BCUT2D eigenvalue weighted by Crippen LogP contribution is -2.46. The van der Waals surface area contributed by atoms with Crippen molar-refractivity contribution in [3.8, 4) is 0 Å². The van der Waals surface area contributed by atoms with Crippen LogP contribution in [0, 0.1) is 16.7 Å². The average molecular weight is 277 g/mol. The van der Waals surface area contributed by atoms with Gasteiger partial charge >= 0.3 is 0 Å². The number of piperidine rings is 1. The number of hydrogen-bond acceptors (Lipinski definition) is 2. The van der Waals surface area contributed by atoms with Crippen molar-refractivity contribution in [2.45, 2.75) is 71.1 Å². The molecule has 20 heavy (non-hydrogen) atoms. The highest BCUT2D eigenvalue weighted by molar-refractivity contribution is 5.60. The second-order valence-corrected chi connectivity index (χ2v) is 8.15. The molecule has 114 valence electrons. The largest absolute Gasteiger partial charge is 0.303 e. The number of aldehydes is 1. The van der Waals surface area contributed by atoms with E-state index in [-0.39, 0.29) is 5.41 Å². The molecule has 0 unspecified atom stereocenters. The van der Waals surface area contributed by atoms with E-state index in [0.29, 0.717) is 5.41 Å². The van der Waals surface area contributed by atoms with Gasteiger partial charge in [0.1, 0.15) is 6.29 Å². The van der Waals surface area contributed by atoms with Gasteiger partial charge in [0.15, 0.2) is 0 Å². The van der Waals surface area contributed by atoms with Crippen LogP contribution in [0.15, 0.2) is 0 Å². The number of hydrogen-bond donors (Lipinski definition) is 0. The van der Waals surface area contributed by atoms with Gasteiger partial charge in [0, 0.05) is 12.0 Å². The highest BCUT2D eigenvalue weighted by Crippen LogP contribution is 2.47. The van der Waals surface area contributed by atoms with E-state index in [4.69, 9.17) is 0 Å². The highest BCUT2D eigenvalue weighted by atomic mass is 16.1. The van der Waals surface area contributed by atoms with Gasteiger partial charge in [-0.25, -0.2) is 0 Å². The first kappa shape index (κ1) is 14.6. The van der Waals surface area contributed by atoms with Crippen LogP contribution in [0.4, 0.5) is 0 Å². The molecule has 0 amide bonds. The fourth-order valence-electron chi connectivity index (χ4n) is 4.91. The first-order valence-electron chi connectivity index (χ1n) is 8.84. The zero-order valence-corrected chi connectivity index (χ0v) is 13.2. The standard InChI is InChI=1S/C18H31NO/c1-16-4-8-18(15-20,9-5-16)14-19-12-10-17(11-13-19)6-2-3-7-17/h15-16H,2-14H2,1H3. The first-order chi connectivity index (χ1) is 9.65. The third kappa shape index (κ3) is 2.95. The highest BCUT2D eigenvalue weighted by Gasteiger charge is 2.40. The molecule has 0 aromatic carbocycles. The molecule has 0 aromatic rings. The van der Waals surface area contributed by atoms with Gasteiger partial charge in [-0.2, -0.15) is 0 Å². The Morgan fingerprint density at radius 3 is 2.15 bits per heavy atom. The molecule has 0 aromatic heterocycles. The quantitative estimate of drug-likeness (QED) is 0.726. The molecular formula is C18H31NO. The first-order valence-corrected chi connectivity index (χ1v) is 8.84. The predicted octanol–water partition coefficient (Wildman–Crippen LogP) is 4.04. The molecule has 2 nitrogen and oxygen atoms in total. The second-order valence-electron chi connectivity index (χ2n) is 8.15. The Labute approximate surface area is 124 Å². The van der Waals surface area contributed by atoms with Crippen LogP contribution in [0.1, 0.15) is 71.1 Å². The number of rotatable bonds is 3. The second kappa shape index (κ2) is 5.79. The minimum absolute atomic E-state index is 0.00725. The summed E-state index contributed by atoms with van der Waals surface area (Å²) in [5.74, 6) is 0.825. The summed E-state index contributed by atoms with van der Waals surface area (Å²) in [6.07, 6.45) is 14.7. The van der Waals surface area contributed by atoms with Gasteiger partial charge in [-0.15, -0.1) is 0 Å². The fraction of sp³-hybridized carbons (Fsp3) is 0.944. The van der Waals surface area contributed by atoms with Crippen LogP contribution in [0.3, 0.4) is 0 Å². The molecular weight excluding hydrogens is 246 g/mol. The average Bonchev–Trinajstić information content (AvgIpc) is 2.93. The van der Waals surface area contributed by atoms with E-state index in [9.17, 15) is 4.79 Å². The van der Waals surface area contributed by atoms with Crippen molar-refractivity contribution < 1.29 is 4.79 Å². The third-order valence-electron chi connectivity index (χ3n) is 6.64. The lowest BCUT2D eigenvalue weighted by molar-refractivity contribution is -0.120. The summed E-state index contributed by atoms with van der Waals surface area (Å²) in [6.45, 7) is 5.86. The Morgan fingerprint density at radius 2 is 1.60 bits per heavy atom. The van der Waals surface area contributed by atoms with Gasteiger partial charge in [-0.05, 0) is 75.8 Å². The van der Waals surface area contributed by atoms with Gasteiger partial charge in [0.05, 0.1) is 0 Å². The van der Waals surface area contributed by atoms with Crippen molar-refractivity contribution in [3.63, 3.8) is 0 Å². The number of nitrogens with zero attached hydrogens (tertiary/aromatic N) is 1. The molecule has 3 fully saturated rings. The monoisotopic (exact) mass is 277 g/mol. The van der Waals surface area contributed by atoms with Gasteiger partial charge in [0.2, 0.25) is 0 Å². The van der Waals surface area contributed by atoms with Crippen LogP contribution >= 0.6 is 0 Å². The molecule has 3 rings (SSSR count). The molecule has 0 atom stereocenters. The minimum Gasteiger partial charge on any atom is -0.303 e. The van der Waals surface area contributed by atoms with Crippen molar-refractivity contribution in [2.75, 3.05) is 19.6 Å². The fourth-order valence-corrected chi connectivity index (χ4v) is 4.91. The van der Waals surface area contributed by atoms with Gasteiger partial charge < -0.3 is 9.69 Å². The molecule has 0 N–H and O–H groups in total. The van der Waals surface area contributed by atoms with E-state index in [1.54, 1.807) is 0 Å². The van der Waals surface area contributed by atoms with E-state index in [0.717, 1.165) is 25.3 Å². The summed E-state index contributed by atoms with van der Waals surface area (Å²) < 4.78 is 0. The van der Waals surface area contributed by atoms with Gasteiger partial charge in [-0.3, -0.25) is 0 Å². The Balaban J connectivity index is 1.54. The smallest absolute Gasteiger partial charge is 0.127 e. The molecule has 3 aliphatic rings. The molecule has 0 bridgehead atoms. The number of carbonyl (C=O) groups excluding carboxylic acids is 1. The maximum atomic E-state index is 11.7. The van der Waals surface area contributed by atoms with Crippen LogP contribution < -0.4 is 0 Å². The van der Waals surface area contributed by atoms with Crippen LogP contribution in [-0.4, -0.2) is 30.8 Å². The molecule has 2 aliphatic carbocycles. The van der Waals surface area contributed by atoms with Gasteiger partial charge in [0.25, 0.3) is 0 Å². The van der Waals surface area contributed by atoms with E-state index < -0.39 is 0 Å². The summed E-state index contributed by atoms with van der Waals surface area (Å²) in [4.78, 5) is 14.3. The van der Waals surface area contributed by atoms with E-state index >= 15 is 0 Å². The molecule has 1 saturated heterocycles. The summed E-state index contributed by atoms with van der Waals surface area (Å²) in [7, 11) is 0. The number of likely N-dealkylation sites (tertiary alicyclic amines) is 1. The SMILES string of the molecule is CC1CCC(C=O)(CN2CCC3(CCCC3)CC2)CC1. The maximum absolute atomic E-state index is 11.7. The van der Waals surface area contributed by atoms with Crippen molar-refractivity contribution >= 4 is 6.29 Å². The van der Waals surface area contributed by atoms with Crippen LogP contribution in [0.25, 0.3) is 0 Å². The Morgan fingerprint density at radius 1 is 1.00 bits per heavy atom. The van der Waals surface area contributed by atoms with Crippen molar-refractivity contribution in [2.24, 2.45) is 16.7 Å². The van der Waals surface area contributed by atoms with E-state index in [1.807, 2.05) is 0 Å².